The molecule has 1 aromatic rings. The fraction of sp³-hybridized carbons (Fsp3) is 0.250. The Morgan fingerprint density at radius 3 is 2.91 bits per heavy atom. The number of nitrogens with zero attached hydrogens (tertiary/aromatic N) is 2. The number of pyridine rings is 1. The second kappa shape index (κ2) is 3.11. The van der Waals surface area contributed by atoms with Gasteiger partial charge in [-0.05, 0) is 18.1 Å². The Morgan fingerprint density at radius 1 is 1.64 bits per heavy atom. The van der Waals surface area contributed by atoms with Crippen LogP contribution in [0.4, 0.5) is 4.39 Å². The van der Waals surface area contributed by atoms with Crippen LogP contribution in [0.3, 0.4) is 0 Å². The van der Waals surface area contributed by atoms with Crippen molar-refractivity contribution in [3.05, 3.63) is 29.3 Å². The first-order valence-corrected chi connectivity index (χ1v) is 3.33. The predicted octanol–water partition coefficient (Wildman–Crippen LogP) is 1.65. The highest BCUT2D eigenvalue weighted by molar-refractivity contribution is 5.30. The summed E-state index contributed by atoms with van der Waals surface area (Å²) < 4.78 is 12.4. The minimum atomic E-state index is -0.598. The fourth-order valence-electron chi connectivity index (χ4n) is 0.846. The van der Waals surface area contributed by atoms with Crippen LogP contribution < -0.4 is 0 Å². The molecule has 3 heteroatoms. The number of hydrogen-bond acceptors (Lipinski definition) is 2. The Hall–Kier alpha value is -1.43. The third-order valence-corrected chi connectivity index (χ3v) is 1.43. The smallest absolute Gasteiger partial charge is 0.209 e. The van der Waals surface area contributed by atoms with Gasteiger partial charge in [0.25, 0.3) is 0 Å². The fourth-order valence-corrected chi connectivity index (χ4v) is 0.846. The molecule has 1 heterocycles. The van der Waals surface area contributed by atoms with E-state index in [4.69, 9.17) is 5.26 Å². The third kappa shape index (κ3) is 1.53. The van der Waals surface area contributed by atoms with Crippen LogP contribution in [0.25, 0.3) is 0 Å². The van der Waals surface area contributed by atoms with E-state index in [2.05, 4.69) is 4.98 Å². The topological polar surface area (TPSA) is 36.7 Å². The molecule has 0 bridgehead atoms. The zero-order valence-corrected chi connectivity index (χ0v) is 6.13. The number of rotatable bonds is 1. The van der Waals surface area contributed by atoms with Gasteiger partial charge in [0, 0.05) is 0 Å². The van der Waals surface area contributed by atoms with Crippen molar-refractivity contribution < 1.29 is 4.39 Å². The first-order chi connectivity index (χ1) is 5.27. The highest BCUT2D eigenvalue weighted by Crippen LogP contribution is 2.06. The molecule has 0 spiro atoms. The molecule has 0 unspecified atom stereocenters. The van der Waals surface area contributed by atoms with Crippen LogP contribution in [0.5, 0.6) is 0 Å². The summed E-state index contributed by atoms with van der Waals surface area (Å²) in [6, 6.07) is 4.68. The summed E-state index contributed by atoms with van der Waals surface area (Å²) in [5.74, 6) is -0.598. The predicted molar refractivity (Wildman–Crippen MR) is 38.3 cm³/mol. The van der Waals surface area contributed by atoms with E-state index in [1.807, 2.05) is 13.0 Å². The maximum absolute atomic E-state index is 12.4. The second-order valence-corrected chi connectivity index (χ2v) is 2.11. The Morgan fingerprint density at radius 2 is 2.36 bits per heavy atom. The number of aromatic nitrogens is 1. The van der Waals surface area contributed by atoms with Crippen molar-refractivity contribution in [3.63, 3.8) is 0 Å². The summed E-state index contributed by atoms with van der Waals surface area (Å²) in [6.45, 7) is 1.90. The van der Waals surface area contributed by atoms with Gasteiger partial charge in [-0.3, -0.25) is 0 Å². The molecule has 0 aliphatic rings. The molecule has 0 amide bonds. The third-order valence-electron chi connectivity index (χ3n) is 1.43. The first-order valence-electron chi connectivity index (χ1n) is 3.33. The number of halogens is 1. The molecule has 0 saturated carbocycles. The summed E-state index contributed by atoms with van der Waals surface area (Å²) >= 11 is 0. The highest BCUT2D eigenvalue weighted by atomic mass is 19.1. The van der Waals surface area contributed by atoms with E-state index in [-0.39, 0.29) is 5.69 Å². The van der Waals surface area contributed by atoms with Gasteiger partial charge in [0.15, 0.2) is 0 Å². The van der Waals surface area contributed by atoms with Crippen LogP contribution in [0.2, 0.25) is 0 Å². The number of aryl methyl sites for hydroxylation is 1. The molecule has 1 aromatic heterocycles. The van der Waals surface area contributed by atoms with Crippen molar-refractivity contribution in [2.75, 3.05) is 0 Å². The molecule has 0 aliphatic carbocycles. The van der Waals surface area contributed by atoms with Gasteiger partial charge in [0.05, 0.1) is 0 Å². The highest BCUT2D eigenvalue weighted by Gasteiger charge is 2.01. The van der Waals surface area contributed by atoms with Gasteiger partial charge >= 0.3 is 0 Å². The van der Waals surface area contributed by atoms with Crippen LogP contribution in [0, 0.1) is 17.3 Å². The van der Waals surface area contributed by atoms with Gasteiger partial charge in [0.2, 0.25) is 5.95 Å². The zero-order valence-electron chi connectivity index (χ0n) is 6.13. The summed E-state index contributed by atoms with van der Waals surface area (Å²) in [5.41, 5.74) is 0.974. The minimum Gasteiger partial charge on any atom is -0.209 e. The van der Waals surface area contributed by atoms with Crippen LogP contribution in [-0.2, 0) is 6.42 Å². The van der Waals surface area contributed by atoms with Gasteiger partial charge in [0.1, 0.15) is 11.8 Å². The summed E-state index contributed by atoms with van der Waals surface area (Å²) in [6.07, 6.45) is 0.705. The summed E-state index contributed by atoms with van der Waals surface area (Å²) in [5, 5.41) is 8.49. The van der Waals surface area contributed by atoms with E-state index in [1.54, 1.807) is 6.07 Å². The van der Waals surface area contributed by atoms with Gasteiger partial charge in [-0.25, -0.2) is 4.98 Å². The molecule has 11 heavy (non-hydrogen) atoms. The van der Waals surface area contributed by atoms with E-state index < -0.39 is 5.95 Å². The summed E-state index contributed by atoms with van der Waals surface area (Å²) in [4.78, 5) is 3.43. The zero-order chi connectivity index (χ0) is 8.27. The lowest BCUT2D eigenvalue weighted by Gasteiger charge is -1.96. The van der Waals surface area contributed by atoms with Crippen molar-refractivity contribution in [3.8, 4) is 6.07 Å². The summed E-state index contributed by atoms with van der Waals surface area (Å²) in [7, 11) is 0. The molecular formula is C8H7FN2. The van der Waals surface area contributed by atoms with Crippen molar-refractivity contribution in [1.82, 2.24) is 4.98 Å². The Bertz CT molecular complexity index is 301. The molecule has 0 aromatic carbocycles. The average molecular weight is 150 g/mol. The Balaban J connectivity index is 3.19. The normalized spacial score (nSPS) is 9.18. The quantitative estimate of drug-likeness (QED) is 0.571. The van der Waals surface area contributed by atoms with Crippen LogP contribution in [-0.4, -0.2) is 4.98 Å². The van der Waals surface area contributed by atoms with Gasteiger partial charge in [-0.1, -0.05) is 13.0 Å². The SMILES string of the molecule is CCc1ccc(F)nc1C#N. The first kappa shape index (κ1) is 7.67. The van der Waals surface area contributed by atoms with Gasteiger partial charge < -0.3 is 0 Å². The van der Waals surface area contributed by atoms with E-state index in [9.17, 15) is 4.39 Å². The molecular weight excluding hydrogens is 143 g/mol. The Kier molecular flexibility index (Phi) is 2.17. The van der Waals surface area contributed by atoms with E-state index in [1.165, 1.54) is 6.07 Å². The van der Waals surface area contributed by atoms with Gasteiger partial charge in [-0.15, -0.1) is 0 Å². The van der Waals surface area contributed by atoms with Crippen LogP contribution in [0.15, 0.2) is 12.1 Å². The van der Waals surface area contributed by atoms with E-state index >= 15 is 0 Å². The van der Waals surface area contributed by atoms with Crippen molar-refractivity contribution in [2.24, 2.45) is 0 Å². The Labute approximate surface area is 64.3 Å². The monoisotopic (exact) mass is 150 g/mol. The largest absolute Gasteiger partial charge is 0.214 e. The van der Waals surface area contributed by atoms with Crippen LogP contribution >= 0.6 is 0 Å². The lowest BCUT2D eigenvalue weighted by molar-refractivity contribution is 0.580. The molecule has 56 valence electrons. The van der Waals surface area contributed by atoms with E-state index in [0.717, 1.165) is 5.56 Å². The second-order valence-electron chi connectivity index (χ2n) is 2.11. The molecule has 0 aliphatic heterocycles. The number of nitriles is 1. The molecule has 0 radical (unpaired) electrons. The van der Waals surface area contributed by atoms with Crippen molar-refractivity contribution >= 4 is 0 Å². The molecule has 2 nitrogen and oxygen atoms in total. The molecule has 0 atom stereocenters. The standard InChI is InChI=1S/C8H7FN2/c1-2-6-3-4-8(9)11-7(6)5-10/h3-4H,2H2,1H3. The lowest BCUT2D eigenvalue weighted by Crippen LogP contribution is -1.93. The van der Waals surface area contributed by atoms with Crippen molar-refractivity contribution in [2.45, 2.75) is 13.3 Å². The number of hydrogen-bond donors (Lipinski definition) is 0. The molecule has 0 N–H and O–H groups in total. The molecule has 1 rings (SSSR count). The van der Waals surface area contributed by atoms with Crippen molar-refractivity contribution in [1.29, 1.82) is 5.26 Å². The minimum absolute atomic E-state index is 0.188. The lowest BCUT2D eigenvalue weighted by atomic mass is 10.1. The molecule has 0 fully saturated rings. The van der Waals surface area contributed by atoms with E-state index in [0.29, 0.717) is 6.42 Å². The maximum atomic E-state index is 12.4. The molecule has 0 saturated heterocycles. The van der Waals surface area contributed by atoms with Gasteiger partial charge in [-0.2, -0.15) is 9.65 Å². The maximum Gasteiger partial charge on any atom is 0.214 e. The van der Waals surface area contributed by atoms with Crippen LogP contribution in [0.1, 0.15) is 18.2 Å². The average Bonchev–Trinajstić information content (AvgIpc) is 2.04.